The van der Waals surface area contributed by atoms with Gasteiger partial charge in [0, 0.05) is 37.1 Å². The van der Waals surface area contributed by atoms with Crippen molar-refractivity contribution in [2.75, 3.05) is 33.9 Å². The zero-order valence-corrected chi connectivity index (χ0v) is 33.0. The van der Waals surface area contributed by atoms with Crippen LogP contribution in [0.3, 0.4) is 0 Å². The molecule has 6 bridgehead atoms. The van der Waals surface area contributed by atoms with Crippen molar-refractivity contribution in [2.24, 2.45) is 5.92 Å². The number of fused-ring (bicyclic) bond motifs is 6. The summed E-state index contributed by atoms with van der Waals surface area (Å²) in [5.74, 6) is -7.07. The summed E-state index contributed by atoms with van der Waals surface area (Å²) < 4.78 is 95.2. The van der Waals surface area contributed by atoms with E-state index in [1.54, 1.807) is 12.4 Å². The average Bonchev–Trinajstić information content (AvgIpc) is 3.19. The summed E-state index contributed by atoms with van der Waals surface area (Å²) in [4.78, 5) is 55.4. The number of nitrogens with zero attached hydrogens (tertiary/aromatic N) is 5. The van der Waals surface area contributed by atoms with Crippen LogP contribution in [0.5, 0.6) is 0 Å². The first-order valence-electron chi connectivity index (χ1n) is 17.9. The lowest BCUT2D eigenvalue weighted by Crippen LogP contribution is -2.35. The van der Waals surface area contributed by atoms with E-state index < -0.39 is 36.4 Å². The third kappa shape index (κ3) is 16.1. The van der Waals surface area contributed by atoms with Gasteiger partial charge in [-0.3, -0.25) is 9.78 Å². The number of carboxylic acid groups (broad SMARTS) is 3. The standard InChI is InChI=1S/C32H31ClN8O.3C2HF3O2/c1-20-3-2-4-29(26(20)16-34)41-11-9-21(10-12-41)14-30(42)39-28-8-7-24-15-23(28)6-5-22-13-25(18-35-17-22)38-32-36-19-27(33)31(37-24)40-32;3*3-2(4,5)1(6)7/h2-4,7-8,13,15,17-19,21H,5-6,9-12,14H2,1H3,(H,39,42)(H2,36,37,38,40);3*(H,6,7). The molecular weight excluding hydrogens is 887 g/mol. The van der Waals surface area contributed by atoms with Crippen LogP contribution >= 0.6 is 11.6 Å². The number of nitriles is 1. The zero-order chi connectivity index (χ0) is 47.3. The fourth-order valence-electron chi connectivity index (χ4n) is 5.66. The lowest BCUT2D eigenvalue weighted by molar-refractivity contribution is -0.193. The number of nitrogens with one attached hydrogen (secondary N) is 3. The summed E-state index contributed by atoms with van der Waals surface area (Å²) in [5, 5.41) is 41.1. The van der Waals surface area contributed by atoms with E-state index in [1.165, 1.54) is 0 Å². The number of aromatic nitrogens is 3. The fourth-order valence-corrected chi connectivity index (χ4v) is 5.79. The Kier molecular flexibility index (Phi) is 17.4. The molecule has 4 heterocycles. The minimum atomic E-state index is -5.08. The van der Waals surface area contributed by atoms with Crippen LogP contribution in [0.25, 0.3) is 0 Å². The van der Waals surface area contributed by atoms with Crippen LogP contribution in [-0.4, -0.2) is 85.7 Å². The molecule has 2 aliphatic heterocycles. The maximum Gasteiger partial charge on any atom is 0.490 e. The van der Waals surface area contributed by atoms with Gasteiger partial charge < -0.3 is 36.2 Å². The van der Waals surface area contributed by atoms with Gasteiger partial charge in [-0.2, -0.15) is 49.8 Å². The molecule has 1 saturated heterocycles. The lowest BCUT2D eigenvalue weighted by atomic mass is 9.92. The third-order valence-corrected chi connectivity index (χ3v) is 8.92. The van der Waals surface area contributed by atoms with Gasteiger partial charge >= 0.3 is 36.4 Å². The predicted molar refractivity (Wildman–Crippen MR) is 207 cm³/mol. The van der Waals surface area contributed by atoms with Crippen LogP contribution < -0.4 is 20.9 Å². The molecule has 1 amide bonds. The monoisotopic (exact) mass is 920 g/mol. The molecule has 15 nitrogen and oxygen atoms in total. The minimum absolute atomic E-state index is 0.0120. The number of alkyl halides is 9. The van der Waals surface area contributed by atoms with Crippen LogP contribution in [-0.2, 0) is 32.0 Å². The van der Waals surface area contributed by atoms with Crippen LogP contribution in [0.1, 0.15) is 41.5 Å². The average molecular weight is 921 g/mol. The second-order valence-electron chi connectivity index (χ2n) is 13.3. The van der Waals surface area contributed by atoms with Crippen LogP contribution in [0.2, 0.25) is 5.02 Å². The Labute approximate surface area is 355 Å². The molecule has 2 aromatic carbocycles. The van der Waals surface area contributed by atoms with E-state index in [-0.39, 0.29) is 11.8 Å². The number of anilines is 6. The van der Waals surface area contributed by atoms with Crippen molar-refractivity contribution >= 4 is 69.9 Å². The van der Waals surface area contributed by atoms with Gasteiger partial charge in [-0.25, -0.2) is 19.4 Å². The van der Waals surface area contributed by atoms with E-state index in [0.717, 1.165) is 77.4 Å². The summed E-state index contributed by atoms with van der Waals surface area (Å²) in [7, 11) is 0. The number of pyridine rings is 1. The fraction of sp³-hybridized carbons (Fsp3) is 0.316. The summed E-state index contributed by atoms with van der Waals surface area (Å²) in [6.45, 7) is 3.63. The summed E-state index contributed by atoms with van der Waals surface area (Å²) in [6.07, 6.45) is -6.39. The molecular formula is C38H34ClF9N8O7. The summed E-state index contributed by atoms with van der Waals surface area (Å²) in [6, 6.07) is 16.3. The number of halogens is 10. The normalized spacial score (nSPS) is 13.6. The predicted octanol–water partition coefficient (Wildman–Crippen LogP) is 8.44. The molecule has 0 unspecified atom stereocenters. The molecule has 0 aliphatic carbocycles. The van der Waals surface area contributed by atoms with Crippen LogP contribution in [0.4, 0.5) is 74.0 Å². The van der Waals surface area contributed by atoms with Gasteiger partial charge in [-0.15, -0.1) is 0 Å². The van der Waals surface area contributed by atoms with Crippen molar-refractivity contribution in [3.8, 4) is 6.07 Å². The highest BCUT2D eigenvalue weighted by atomic mass is 35.5. The van der Waals surface area contributed by atoms with E-state index in [4.69, 9.17) is 41.3 Å². The molecule has 63 heavy (non-hydrogen) atoms. The second-order valence-corrected chi connectivity index (χ2v) is 13.7. The maximum absolute atomic E-state index is 13.2. The highest BCUT2D eigenvalue weighted by molar-refractivity contribution is 6.32. The van der Waals surface area contributed by atoms with Crippen molar-refractivity contribution in [3.63, 3.8) is 0 Å². The maximum atomic E-state index is 13.2. The Hall–Kier alpha value is -6.90. The molecule has 2 aromatic heterocycles. The lowest BCUT2D eigenvalue weighted by Gasteiger charge is -2.34. The number of amides is 1. The van der Waals surface area contributed by atoms with Crippen molar-refractivity contribution in [1.82, 2.24) is 15.0 Å². The van der Waals surface area contributed by atoms with E-state index in [2.05, 4.69) is 41.9 Å². The molecule has 0 spiro atoms. The first-order valence-corrected chi connectivity index (χ1v) is 18.2. The molecule has 4 aromatic rings. The van der Waals surface area contributed by atoms with Crippen molar-refractivity contribution < 1.29 is 74.0 Å². The molecule has 338 valence electrons. The molecule has 0 atom stereocenters. The molecule has 0 radical (unpaired) electrons. The number of carbonyl (C=O) groups excluding carboxylic acids is 1. The van der Waals surface area contributed by atoms with Gasteiger partial charge in [0.2, 0.25) is 11.9 Å². The van der Waals surface area contributed by atoms with Crippen molar-refractivity contribution in [3.05, 3.63) is 88.3 Å². The molecule has 25 heteroatoms. The first-order chi connectivity index (χ1) is 29.3. The van der Waals surface area contributed by atoms with Crippen LogP contribution in [0, 0.1) is 24.2 Å². The molecule has 0 saturated carbocycles. The largest absolute Gasteiger partial charge is 0.490 e. The van der Waals surface area contributed by atoms with E-state index in [0.29, 0.717) is 29.6 Å². The number of aliphatic carboxylic acids is 3. The number of hydrogen-bond acceptors (Lipinski definition) is 11. The first kappa shape index (κ1) is 50.5. The summed E-state index contributed by atoms with van der Waals surface area (Å²) in [5.41, 5.74) is 7.20. The SMILES string of the molecule is Cc1cccc(N2CCC(CC(=O)Nc3ccc4cc3CCc3cncc(c3)Nc3ncc(Cl)c(n3)N4)CC2)c1C#N.O=C(O)C(F)(F)F.O=C(O)C(F)(F)F.O=C(O)C(F)(F)F. The van der Waals surface area contributed by atoms with E-state index in [1.807, 2.05) is 55.6 Å². The van der Waals surface area contributed by atoms with Gasteiger partial charge in [-0.1, -0.05) is 23.7 Å². The molecule has 6 rings (SSSR count). The molecule has 6 N–H and O–H groups in total. The Bertz CT molecular complexity index is 2260. The molecule has 2 aliphatic rings. The third-order valence-electron chi connectivity index (χ3n) is 8.64. The Morgan fingerprint density at radius 2 is 1.43 bits per heavy atom. The van der Waals surface area contributed by atoms with Crippen molar-refractivity contribution in [2.45, 2.75) is 57.6 Å². The minimum Gasteiger partial charge on any atom is -0.475 e. The number of hydrogen-bond donors (Lipinski definition) is 6. The number of carboxylic acids is 3. The zero-order valence-electron chi connectivity index (χ0n) is 32.3. The Morgan fingerprint density at radius 1 is 0.841 bits per heavy atom. The quantitative estimate of drug-likeness (QED) is 0.106. The smallest absolute Gasteiger partial charge is 0.475 e. The highest BCUT2D eigenvalue weighted by Crippen LogP contribution is 2.32. The van der Waals surface area contributed by atoms with Gasteiger partial charge in [0.25, 0.3) is 0 Å². The second kappa shape index (κ2) is 21.8. The number of benzene rings is 2. The van der Waals surface area contributed by atoms with E-state index >= 15 is 0 Å². The molecule has 1 fully saturated rings. The number of piperidine rings is 1. The Morgan fingerprint density at radius 3 is 1.98 bits per heavy atom. The summed E-state index contributed by atoms with van der Waals surface area (Å²) >= 11 is 6.39. The number of carbonyl (C=O) groups is 4. The number of rotatable bonds is 4. The highest BCUT2D eigenvalue weighted by Gasteiger charge is 2.39. The van der Waals surface area contributed by atoms with Crippen LogP contribution in [0.15, 0.2) is 61.1 Å². The van der Waals surface area contributed by atoms with Gasteiger partial charge in [0.15, 0.2) is 5.82 Å². The van der Waals surface area contributed by atoms with Gasteiger partial charge in [0.1, 0.15) is 11.1 Å². The van der Waals surface area contributed by atoms with Crippen molar-refractivity contribution in [1.29, 1.82) is 5.26 Å². The Balaban J connectivity index is 0.000000416. The van der Waals surface area contributed by atoms with Gasteiger partial charge in [0.05, 0.1) is 29.3 Å². The van der Waals surface area contributed by atoms with E-state index in [9.17, 15) is 49.6 Å². The number of aryl methyl sites for hydroxylation is 3. The topological polar surface area (TPSA) is 231 Å². The van der Waals surface area contributed by atoms with Gasteiger partial charge in [-0.05, 0) is 85.5 Å².